The summed E-state index contributed by atoms with van der Waals surface area (Å²) < 4.78 is 5.29. The first kappa shape index (κ1) is 16.3. The lowest BCUT2D eigenvalue weighted by Gasteiger charge is -2.57. The Bertz CT molecular complexity index is 835. The summed E-state index contributed by atoms with van der Waals surface area (Å²) in [5.74, 6) is 2.50. The van der Waals surface area contributed by atoms with Gasteiger partial charge in [-0.1, -0.05) is 31.6 Å². The van der Waals surface area contributed by atoms with Gasteiger partial charge in [0.25, 0.3) is 6.01 Å². The summed E-state index contributed by atoms with van der Waals surface area (Å²) in [6.45, 7) is 4.86. The average Bonchev–Trinajstić information content (AvgIpc) is 3.18. The molecule has 5 rings (SSSR count). The molecule has 2 fully saturated rings. The summed E-state index contributed by atoms with van der Waals surface area (Å²) in [7, 11) is 0. The topological polar surface area (TPSA) is 69.1 Å². The Morgan fingerprint density at radius 3 is 2.77 bits per heavy atom. The Morgan fingerprint density at radius 2 is 2.00 bits per heavy atom. The number of fused-ring (bicyclic) bond motifs is 5. The highest BCUT2D eigenvalue weighted by atomic mass is 16.4. The van der Waals surface area contributed by atoms with Crippen molar-refractivity contribution in [3.05, 3.63) is 29.7 Å². The molecule has 0 spiro atoms. The van der Waals surface area contributed by atoms with Crippen molar-refractivity contribution in [2.24, 2.45) is 28.6 Å². The highest BCUT2D eigenvalue weighted by molar-refractivity contribution is 5.82. The predicted octanol–water partition coefficient (Wildman–Crippen LogP) is 4.78. The van der Waals surface area contributed by atoms with Crippen molar-refractivity contribution in [3.8, 4) is 0 Å². The van der Waals surface area contributed by atoms with Gasteiger partial charge in [0, 0.05) is 12.8 Å². The number of anilines is 1. The number of rotatable bonds is 1. The Morgan fingerprint density at radius 1 is 1.15 bits per heavy atom. The lowest BCUT2D eigenvalue weighted by molar-refractivity contribution is -0.122. The van der Waals surface area contributed by atoms with Gasteiger partial charge in [-0.25, -0.2) is 0 Å². The second-order valence-corrected chi connectivity index (χ2v) is 9.36. The number of aromatic nitrogens is 1. The largest absolute Gasteiger partial charge is 0.432 e. The molecular weight excluding hydrogens is 324 g/mol. The molecule has 1 aromatic heterocycles. The number of nitrogens with zero attached hydrogens (tertiary/aromatic N) is 1. The first-order valence-electron chi connectivity index (χ1n) is 10.0. The fourth-order valence-electron chi connectivity index (χ4n) is 6.85. The molecule has 2 saturated carbocycles. The second-order valence-electron chi connectivity index (χ2n) is 9.36. The number of carbonyl (C=O) groups is 1. The van der Waals surface area contributed by atoms with Crippen molar-refractivity contribution in [1.29, 1.82) is 0 Å². The van der Waals surface area contributed by atoms with E-state index in [2.05, 4.69) is 31.0 Å². The molecule has 0 saturated heterocycles. The minimum Gasteiger partial charge on any atom is -0.432 e. The normalized spacial score (nSPS) is 41.8. The quantitative estimate of drug-likeness (QED) is 0.738. The molecule has 0 aliphatic heterocycles. The summed E-state index contributed by atoms with van der Waals surface area (Å²) in [5, 5.41) is 0. The molecule has 2 N–H and O–H groups in total. The van der Waals surface area contributed by atoms with Gasteiger partial charge in [-0.3, -0.25) is 4.79 Å². The standard InChI is InChI=1S/C22H28N2O2/c1-21-9-7-14(25)11-13(21)3-4-15-16-5-6-18(19-12-26-20(23)24-19)22(16,2)10-8-17(15)21/h3,6,12,15-17H,4-5,7-11H2,1-2H3,(H2,23,24)/t15?,16?,17?,21-,22-/m0/s1. The molecule has 0 radical (unpaired) electrons. The smallest absolute Gasteiger partial charge is 0.292 e. The molecule has 0 amide bonds. The SMILES string of the molecule is C[C@]12CCC(=O)CC1=CCC1C2CC[C@]2(C)C(c3coc(N)n3)=CCC12. The van der Waals surface area contributed by atoms with E-state index in [-0.39, 0.29) is 16.8 Å². The van der Waals surface area contributed by atoms with Gasteiger partial charge in [-0.2, -0.15) is 4.98 Å². The van der Waals surface area contributed by atoms with E-state index in [4.69, 9.17) is 10.2 Å². The molecule has 0 bridgehead atoms. The van der Waals surface area contributed by atoms with Crippen molar-refractivity contribution in [1.82, 2.24) is 4.98 Å². The van der Waals surface area contributed by atoms with Crippen LogP contribution in [0.3, 0.4) is 0 Å². The van der Waals surface area contributed by atoms with Crippen LogP contribution in [0.5, 0.6) is 0 Å². The van der Waals surface area contributed by atoms with E-state index in [0.717, 1.165) is 31.4 Å². The third-order valence-corrected chi connectivity index (χ3v) is 8.31. The van der Waals surface area contributed by atoms with Gasteiger partial charge in [0.1, 0.15) is 17.7 Å². The molecule has 4 aliphatic carbocycles. The zero-order valence-corrected chi connectivity index (χ0v) is 15.8. The highest BCUT2D eigenvalue weighted by Crippen LogP contribution is 2.66. The number of Topliss-reactive ketones (excluding diaryl/α,β-unsaturated/α-hetero) is 1. The minimum absolute atomic E-state index is 0.163. The van der Waals surface area contributed by atoms with Gasteiger partial charge < -0.3 is 10.2 Å². The van der Waals surface area contributed by atoms with Gasteiger partial charge in [-0.15, -0.1) is 0 Å². The number of hydrogen-bond donors (Lipinski definition) is 1. The molecule has 4 nitrogen and oxygen atoms in total. The number of hydrogen-bond acceptors (Lipinski definition) is 4. The summed E-state index contributed by atoms with van der Waals surface area (Å²) in [5.41, 5.74) is 9.82. The van der Waals surface area contributed by atoms with Crippen molar-refractivity contribution in [3.63, 3.8) is 0 Å². The van der Waals surface area contributed by atoms with Crippen LogP contribution in [0, 0.1) is 28.6 Å². The van der Waals surface area contributed by atoms with Crippen LogP contribution >= 0.6 is 0 Å². The van der Waals surface area contributed by atoms with Crippen LogP contribution in [0.25, 0.3) is 5.57 Å². The summed E-state index contributed by atoms with van der Waals surface area (Å²) in [6, 6.07) is 0.256. The third kappa shape index (κ3) is 2.07. The maximum absolute atomic E-state index is 12.0. The molecule has 3 unspecified atom stereocenters. The molecule has 1 aromatic rings. The number of nitrogen functional groups attached to an aromatic ring is 1. The third-order valence-electron chi connectivity index (χ3n) is 8.31. The first-order chi connectivity index (χ1) is 12.4. The Hall–Kier alpha value is -1.84. The average molecular weight is 352 g/mol. The fraction of sp³-hybridized carbons (Fsp3) is 0.636. The zero-order chi connectivity index (χ0) is 18.1. The van der Waals surface area contributed by atoms with Crippen molar-refractivity contribution in [2.45, 2.75) is 58.8 Å². The van der Waals surface area contributed by atoms with E-state index in [1.54, 1.807) is 6.26 Å². The zero-order valence-electron chi connectivity index (χ0n) is 15.8. The highest BCUT2D eigenvalue weighted by Gasteiger charge is 2.57. The van der Waals surface area contributed by atoms with E-state index in [9.17, 15) is 4.79 Å². The number of allylic oxidation sites excluding steroid dienone is 4. The molecule has 138 valence electrons. The number of carbonyl (C=O) groups excluding carboxylic acids is 1. The predicted molar refractivity (Wildman–Crippen MR) is 101 cm³/mol. The Labute approximate surface area is 154 Å². The van der Waals surface area contributed by atoms with Crippen LogP contribution in [0.2, 0.25) is 0 Å². The van der Waals surface area contributed by atoms with Crippen molar-refractivity contribution >= 4 is 17.4 Å². The molecular formula is C22H28N2O2. The molecule has 1 heterocycles. The van der Waals surface area contributed by atoms with Gasteiger partial charge in [-0.05, 0) is 66.3 Å². The van der Waals surface area contributed by atoms with Crippen molar-refractivity contribution in [2.75, 3.05) is 5.73 Å². The minimum atomic E-state index is 0.163. The lowest BCUT2D eigenvalue weighted by atomic mass is 9.47. The van der Waals surface area contributed by atoms with E-state index < -0.39 is 0 Å². The molecule has 0 aromatic carbocycles. The first-order valence-corrected chi connectivity index (χ1v) is 10.0. The lowest BCUT2D eigenvalue weighted by Crippen LogP contribution is -2.49. The van der Waals surface area contributed by atoms with Gasteiger partial charge >= 0.3 is 0 Å². The Kier molecular flexibility index (Phi) is 3.35. The van der Waals surface area contributed by atoms with Gasteiger partial charge in [0.15, 0.2) is 0 Å². The second kappa shape index (κ2) is 5.34. The summed E-state index contributed by atoms with van der Waals surface area (Å²) >= 11 is 0. The maximum atomic E-state index is 12.0. The molecule has 5 atom stereocenters. The number of oxazole rings is 1. The van der Waals surface area contributed by atoms with E-state index in [1.807, 2.05) is 0 Å². The fourth-order valence-corrected chi connectivity index (χ4v) is 6.85. The van der Waals surface area contributed by atoms with E-state index >= 15 is 0 Å². The molecule has 4 aliphatic rings. The monoisotopic (exact) mass is 352 g/mol. The van der Waals surface area contributed by atoms with Crippen LogP contribution in [0.4, 0.5) is 6.01 Å². The summed E-state index contributed by atoms with van der Waals surface area (Å²) in [4.78, 5) is 16.4. The van der Waals surface area contributed by atoms with Gasteiger partial charge in [0.05, 0.1) is 0 Å². The van der Waals surface area contributed by atoms with E-state index in [0.29, 0.717) is 30.0 Å². The summed E-state index contributed by atoms with van der Waals surface area (Å²) in [6.07, 6.45) is 13.7. The Balaban J connectivity index is 1.48. The van der Waals surface area contributed by atoms with Crippen LogP contribution < -0.4 is 5.73 Å². The van der Waals surface area contributed by atoms with Crippen LogP contribution in [-0.2, 0) is 4.79 Å². The van der Waals surface area contributed by atoms with E-state index in [1.165, 1.54) is 24.0 Å². The van der Waals surface area contributed by atoms with Crippen LogP contribution in [0.15, 0.2) is 28.4 Å². The van der Waals surface area contributed by atoms with Gasteiger partial charge in [0.2, 0.25) is 0 Å². The maximum Gasteiger partial charge on any atom is 0.292 e. The number of ketones is 1. The van der Waals surface area contributed by atoms with Crippen LogP contribution in [0.1, 0.15) is 64.5 Å². The molecule has 26 heavy (non-hydrogen) atoms. The molecule has 4 heteroatoms. The van der Waals surface area contributed by atoms with Crippen LogP contribution in [-0.4, -0.2) is 10.8 Å². The number of nitrogens with two attached hydrogens (primary N) is 1. The van der Waals surface area contributed by atoms with Crippen molar-refractivity contribution < 1.29 is 9.21 Å².